The van der Waals surface area contributed by atoms with Crippen LogP contribution in [0.2, 0.25) is 0 Å². The van der Waals surface area contributed by atoms with Gasteiger partial charge in [0.25, 0.3) is 10.1 Å². The first-order valence-corrected chi connectivity index (χ1v) is 5.42. The molecule has 0 fully saturated rings. The van der Waals surface area contributed by atoms with E-state index in [1.807, 2.05) is 13.8 Å². The molecule has 0 unspecified atom stereocenters. The van der Waals surface area contributed by atoms with Gasteiger partial charge in [-0.1, -0.05) is 13.8 Å². The summed E-state index contributed by atoms with van der Waals surface area (Å²) in [4.78, 5) is 0. The highest BCUT2D eigenvalue weighted by Crippen LogP contribution is 2.16. The van der Waals surface area contributed by atoms with Gasteiger partial charge in [-0.2, -0.15) is 8.42 Å². The van der Waals surface area contributed by atoms with Crippen LogP contribution in [0, 0.1) is 5.41 Å². The summed E-state index contributed by atoms with van der Waals surface area (Å²) in [5.41, 5.74) is -0.266. The summed E-state index contributed by atoms with van der Waals surface area (Å²) in [7, 11) is -1.76. The third kappa shape index (κ3) is 6.57. The van der Waals surface area contributed by atoms with Gasteiger partial charge in [-0.3, -0.25) is 4.18 Å². The molecule has 0 heterocycles. The first kappa shape index (κ1) is 11.9. The van der Waals surface area contributed by atoms with Crippen LogP contribution in [0.25, 0.3) is 0 Å². The molecule has 0 aliphatic carbocycles. The largest absolute Gasteiger partial charge is 0.384 e. The molecule has 0 radical (unpaired) electrons. The van der Waals surface area contributed by atoms with Gasteiger partial charge >= 0.3 is 0 Å². The Balaban J connectivity index is 3.92. The van der Waals surface area contributed by atoms with Crippen molar-refractivity contribution in [2.24, 2.45) is 5.41 Å². The zero-order valence-electron chi connectivity index (χ0n) is 7.96. The van der Waals surface area contributed by atoms with E-state index in [1.165, 1.54) is 0 Å². The monoisotopic (exact) mass is 196 g/mol. The van der Waals surface area contributed by atoms with E-state index in [4.69, 9.17) is 4.74 Å². The van der Waals surface area contributed by atoms with E-state index in [9.17, 15) is 8.42 Å². The van der Waals surface area contributed by atoms with Crippen LogP contribution in [0.4, 0.5) is 0 Å². The van der Waals surface area contributed by atoms with Crippen LogP contribution < -0.4 is 0 Å². The van der Waals surface area contributed by atoms with Gasteiger partial charge in [-0.05, 0) is 0 Å². The van der Waals surface area contributed by atoms with Gasteiger partial charge in [0.05, 0.1) is 19.5 Å². The maximum Gasteiger partial charge on any atom is 0.264 e. The molecule has 0 saturated heterocycles. The van der Waals surface area contributed by atoms with Crippen LogP contribution in [0.3, 0.4) is 0 Å². The SMILES string of the molecule is COCC(C)(C)COS(C)(=O)=O. The summed E-state index contributed by atoms with van der Waals surface area (Å²) >= 11 is 0. The van der Waals surface area contributed by atoms with Crippen molar-refractivity contribution in [3.05, 3.63) is 0 Å². The Hall–Kier alpha value is -0.130. The summed E-state index contributed by atoms with van der Waals surface area (Å²) in [5, 5.41) is 0. The predicted octanol–water partition coefficient (Wildman–Crippen LogP) is 0.635. The summed E-state index contributed by atoms with van der Waals surface area (Å²) in [6, 6.07) is 0. The molecule has 0 aliphatic heterocycles. The summed E-state index contributed by atoms with van der Waals surface area (Å²) in [6.45, 7) is 4.38. The average molecular weight is 196 g/mol. The molecule has 0 N–H and O–H groups in total. The molecule has 0 aromatic carbocycles. The number of hydrogen-bond acceptors (Lipinski definition) is 4. The van der Waals surface area contributed by atoms with E-state index < -0.39 is 10.1 Å². The quantitative estimate of drug-likeness (QED) is 0.605. The van der Waals surface area contributed by atoms with Crippen molar-refractivity contribution < 1.29 is 17.3 Å². The summed E-state index contributed by atoms with van der Waals surface area (Å²) < 4.78 is 30.8. The Morgan fingerprint density at radius 3 is 2.08 bits per heavy atom. The van der Waals surface area contributed by atoms with Crippen molar-refractivity contribution in [3.63, 3.8) is 0 Å². The molecule has 0 aliphatic rings. The molecule has 0 spiro atoms. The van der Waals surface area contributed by atoms with Gasteiger partial charge in [0.1, 0.15) is 0 Å². The topological polar surface area (TPSA) is 52.6 Å². The fourth-order valence-electron chi connectivity index (χ4n) is 0.699. The average Bonchev–Trinajstić information content (AvgIpc) is 1.83. The third-order valence-corrected chi connectivity index (χ3v) is 1.74. The van der Waals surface area contributed by atoms with E-state index in [2.05, 4.69) is 4.18 Å². The number of rotatable bonds is 5. The molecule has 0 saturated carbocycles. The lowest BCUT2D eigenvalue weighted by Gasteiger charge is -2.21. The Kier molecular flexibility index (Phi) is 4.16. The van der Waals surface area contributed by atoms with Crippen LogP contribution in [0.15, 0.2) is 0 Å². The standard InChI is InChI=1S/C7H16O4S/c1-7(2,5-10-3)6-11-12(4,8)9/h5-6H2,1-4H3. The molecule has 0 bridgehead atoms. The second-order valence-corrected chi connectivity index (χ2v) is 5.21. The molecule has 5 heteroatoms. The molecule has 74 valence electrons. The van der Waals surface area contributed by atoms with Crippen LogP contribution in [0.5, 0.6) is 0 Å². The normalized spacial score (nSPS) is 13.3. The first-order valence-electron chi connectivity index (χ1n) is 3.60. The van der Waals surface area contributed by atoms with E-state index in [0.29, 0.717) is 6.61 Å². The lowest BCUT2D eigenvalue weighted by Crippen LogP contribution is -2.26. The van der Waals surface area contributed by atoms with Crippen molar-refractivity contribution in [3.8, 4) is 0 Å². The van der Waals surface area contributed by atoms with Gasteiger partial charge < -0.3 is 4.74 Å². The lowest BCUT2D eigenvalue weighted by molar-refractivity contribution is 0.0670. The highest BCUT2D eigenvalue weighted by molar-refractivity contribution is 7.85. The molecule has 0 aromatic heterocycles. The van der Waals surface area contributed by atoms with E-state index in [-0.39, 0.29) is 12.0 Å². The highest BCUT2D eigenvalue weighted by atomic mass is 32.2. The first-order chi connectivity index (χ1) is 5.27. The van der Waals surface area contributed by atoms with Gasteiger partial charge in [-0.25, -0.2) is 0 Å². The fraction of sp³-hybridized carbons (Fsp3) is 1.00. The minimum atomic E-state index is -3.33. The molecule has 0 atom stereocenters. The van der Waals surface area contributed by atoms with Crippen molar-refractivity contribution in [1.29, 1.82) is 0 Å². The predicted molar refractivity (Wildman–Crippen MR) is 46.5 cm³/mol. The summed E-state index contributed by atoms with van der Waals surface area (Å²) in [6.07, 6.45) is 1.04. The van der Waals surface area contributed by atoms with E-state index >= 15 is 0 Å². The minimum absolute atomic E-state index is 0.152. The Morgan fingerprint density at radius 2 is 1.75 bits per heavy atom. The molecular formula is C7H16O4S. The van der Waals surface area contributed by atoms with Crippen molar-refractivity contribution in [2.45, 2.75) is 13.8 Å². The fourth-order valence-corrected chi connectivity index (χ4v) is 1.23. The number of hydrogen-bond donors (Lipinski definition) is 0. The van der Waals surface area contributed by atoms with Gasteiger partial charge in [0, 0.05) is 12.5 Å². The lowest BCUT2D eigenvalue weighted by atomic mass is 9.97. The minimum Gasteiger partial charge on any atom is -0.384 e. The summed E-state index contributed by atoms with van der Waals surface area (Å²) in [5.74, 6) is 0. The van der Waals surface area contributed by atoms with Crippen LogP contribution in [-0.4, -0.2) is 35.0 Å². The Morgan fingerprint density at radius 1 is 1.25 bits per heavy atom. The van der Waals surface area contributed by atoms with Crippen molar-refractivity contribution in [2.75, 3.05) is 26.6 Å². The molecule has 0 rings (SSSR count). The van der Waals surface area contributed by atoms with Crippen LogP contribution >= 0.6 is 0 Å². The number of methoxy groups -OCH3 is 1. The Bertz CT molecular complexity index is 218. The molecule has 0 amide bonds. The van der Waals surface area contributed by atoms with Crippen molar-refractivity contribution >= 4 is 10.1 Å². The van der Waals surface area contributed by atoms with Gasteiger partial charge in [0.2, 0.25) is 0 Å². The third-order valence-electron chi connectivity index (χ3n) is 1.20. The van der Waals surface area contributed by atoms with Crippen LogP contribution in [0.1, 0.15) is 13.8 Å². The number of ether oxygens (including phenoxy) is 1. The smallest absolute Gasteiger partial charge is 0.264 e. The van der Waals surface area contributed by atoms with Gasteiger partial charge in [-0.15, -0.1) is 0 Å². The van der Waals surface area contributed by atoms with Crippen molar-refractivity contribution in [1.82, 2.24) is 0 Å². The second kappa shape index (κ2) is 4.20. The zero-order valence-corrected chi connectivity index (χ0v) is 8.77. The Labute approximate surface area is 74.0 Å². The molecular weight excluding hydrogens is 180 g/mol. The maximum atomic E-state index is 10.6. The van der Waals surface area contributed by atoms with E-state index in [0.717, 1.165) is 6.26 Å². The zero-order chi connectivity index (χ0) is 9.83. The highest BCUT2D eigenvalue weighted by Gasteiger charge is 2.20. The van der Waals surface area contributed by atoms with Crippen LogP contribution in [-0.2, 0) is 19.0 Å². The molecule has 4 nitrogen and oxygen atoms in total. The molecule has 12 heavy (non-hydrogen) atoms. The molecule has 0 aromatic rings. The second-order valence-electron chi connectivity index (χ2n) is 3.56. The van der Waals surface area contributed by atoms with E-state index in [1.54, 1.807) is 7.11 Å². The maximum absolute atomic E-state index is 10.6. The van der Waals surface area contributed by atoms with Gasteiger partial charge in [0.15, 0.2) is 0 Å².